The lowest BCUT2D eigenvalue weighted by molar-refractivity contribution is 0.0370. The molecule has 0 saturated heterocycles. The number of nitrogens with two attached hydrogens (primary N) is 1. The molecule has 98 valence electrons. The summed E-state index contributed by atoms with van der Waals surface area (Å²) in [4.78, 5) is 14.3. The second-order valence-corrected chi connectivity index (χ2v) is 5.56. The summed E-state index contributed by atoms with van der Waals surface area (Å²) < 4.78 is 0. The van der Waals surface area contributed by atoms with Crippen LogP contribution in [0, 0.1) is 11.8 Å². The first kappa shape index (κ1) is 14.7. The summed E-state index contributed by atoms with van der Waals surface area (Å²) in [6.45, 7) is 3.87. The Kier molecular flexibility index (Phi) is 4.91. The van der Waals surface area contributed by atoms with Gasteiger partial charge >= 0.3 is 0 Å². The van der Waals surface area contributed by atoms with Crippen molar-refractivity contribution in [1.82, 2.24) is 4.90 Å². The zero-order chi connectivity index (χ0) is 13.8. The second-order valence-electron chi connectivity index (χ2n) is 4.64. The molecule has 0 radical (unpaired) electrons. The van der Waals surface area contributed by atoms with Crippen molar-refractivity contribution in [2.24, 2.45) is 5.73 Å². The highest BCUT2D eigenvalue weighted by Crippen LogP contribution is 2.18. The predicted octanol–water partition coefficient (Wildman–Crippen LogP) is 0.901. The molecule has 1 aromatic rings. The minimum absolute atomic E-state index is 0.131. The van der Waals surface area contributed by atoms with Crippen LogP contribution in [0.4, 0.5) is 0 Å². The molecule has 5 heteroatoms. The molecular formula is C13H18N2O2S. The zero-order valence-electron chi connectivity index (χ0n) is 10.9. The van der Waals surface area contributed by atoms with Gasteiger partial charge in [-0.2, -0.15) is 0 Å². The fourth-order valence-corrected chi connectivity index (χ4v) is 2.39. The van der Waals surface area contributed by atoms with Crippen molar-refractivity contribution >= 4 is 17.2 Å². The van der Waals surface area contributed by atoms with Crippen molar-refractivity contribution < 1.29 is 9.90 Å². The van der Waals surface area contributed by atoms with Crippen molar-refractivity contribution in [1.29, 1.82) is 0 Å². The van der Waals surface area contributed by atoms with Gasteiger partial charge in [-0.15, -0.1) is 11.3 Å². The van der Waals surface area contributed by atoms with Gasteiger partial charge in [0.15, 0.2) is 0 Å². The largest absolute Gasteiger partial charge is 0.389 e. The lowest BCUT2D eigenvalue weighted by Gasteiger charge is -2.25. The molecule has 0 fully saturated rings. The predicted molar refractivity (Wildman–Crippen MR) is 73.5 cm³/mol. The number of carbonyl (C=O) groups excluding carboxylic acids is 1. The van der Waals surface area contributed by atoms with E-state index in [-0.39, 0.29) is 19.0 Å². The topological polar surface area (TPSA) is 66.6 Å². The quantitative estimate of drug-likeness (QED) is 0.799. The first-order valence-electron chi connectivity index (χ1n) is 5.59. The van der Waals surface area contributed by atoms with Crippen LogP contribution >= 0.6 is 11.3 Å². The summed E-state index contributed by atoms with van der Waals surface area (Å²) >= 11 is 1.35. The summed E-state index contributed by atoms with van der Waals surface area (Å²) in [6, 6.07) is 1.80. The number of thiophene rings is 1. The van der Waals surface area contributed by atoms with E-state index in [0.717, 1.165) is 0 Å². The van der Waals surface area contributed by atoms with Gasteiger partial charge in [-0.1, -0.05) is 11.8 Å². The van der Waals surface area contributed by atoms with E-state index in [9.17, 15) is 9.90 Å². The van der Waals surface area contributed by atoms with Crippen LogP contribution in [0.15, 0.2) is 11.4 Å². The van der Waals surface area contributed by atoms with Crippen LogP contribution in [0.1, 0.15) is 29.1 Å². The molecular weight excluding hydrogens is 248 g/mol. The Balaban J connectivity index is 2.87. The lowest BCUT2D eigenvalue weighted by Crippen LogP contribution is -2.39. The van der Waals surface area contributed by atoms with E-state index >= 15 is 0 Å². The van der Waals surface area contributed by atoms with Crippen LogP contribution < -0.4 is 5.73 Å². The Morgan fingerprint density at radius 3 is 2.83 bits per heavy atom. The van der Waals surface area contributed by atoms with Gasteiger partial charge < -0.3 is 15.7 Å². The van der Waals surface area contributed by atoms with E-state index in [1.54, 1.807) is 27.0 Å². The van der Waals surface area contributed by atoms with Gasteiger partial charge in [0.05, 0.1) is 12.1 Å². The second kappa shape index (κ2) is 6.01. The Morgan fingerprint density at radius 1 is 1.61 bits per heavy atom. The number of hydrogen-bond donors (Lipinski definition) is 2. The smallest absolute Gasteiger partial charge is 0.265 e. The molecule has 3 N–H and O–H groups in total. The number of likely N-dealkylation sites (N-methyl/N-ethyl adjacent to an activating group) is 1. The SMILES string of the molecule is CN(CC(C)(C)O)C(=O)c1sccc1C#CCN. The third kappa shape index (κ3) is 4.15. The van der Waals surface area contributed by atoms with Gasteiger partial charge in [0, 0.05) is 19.2 Å². The number of carbonyl (C=O) groups is 1. The molecule has 1 heterocycles. The first-order chi connectivity index (χ1) is 8.35. The minimum Gasteiger partial charge on any atom is -0.389 e. The van der Waals surface area contributed by atoms with E-state index in [4.69, 9.17) is 5.73 Å². The molecule has 0 bridgehead atoms. The van der Waals surface area contributed by atoms with Crippen LogP contribution in [0.5, 0.6) is 0 Å². The number of amides is 1. The molecule has 0 aliphatic heterocycles. The molecule has 18 heavy (non-hydrogen) atoms. The maximum Gasteiger partial charge on any atom is 0.265 e. The third-order valence-electron chi connectivity index (χ3n) is 2.16. The fraction of sp³-hybridized carbons (Fsp3) is 0.462. The van der Waals surface area contributed by atoms with Gasteiger partial charge in [-0.25, -0.2) is 0 Å². The summed E-state index contributed by atoms with van der Waals surface area (Å²) in [5, 5.41) is 11.5. The molecule has 1 aromatic heterocycles. The molecule has 1 amide bonds. The van der Waals surface area contributed by atoms with Gasteiger partial charge in [0.25, 0.3) is 5.91 Å². The van der Waals surface area contributed by atoms with Crippen molar-refractivity contribution in [2.75, 3.05) is 20.1 Å². The van der Waals surface area contributed by atoms with Gasteiger partial charge in [-0.05, 0) is 25.3 Å². The number of nitrogens with zero attached hydrogens (tertiary/aromatic N) is 1. The van der Waals surface area contributed by atoms with Crippen molar-refractivity contribution in [3.63, 3.8) is 0 Å². The Morgan fingerprint density at radius 2 is 2.28 bits per heavy atom. The summed E-state index contributed by atoms with van der Waals surface area (Å²) in [6.07, 6.45) is 0. The Hall–Kier alpha value is -1.35. The van der Waals surface area contributed by atoms with E-state index in [1.165, 1.54) is 16.2 Å². The molecule has 0 aromatic carbocycles. The molecule has 1 rings (SSSR count). The maximum absolute atomic E-state index is 12.2. The highest BCUT2D eigenvalue weighted by atomic mass is 32.1. The standard InChI is InChI=1S/C13H18N2O2S/c1-13(2,17)9-15(3)12(16)11-10(5-4-7-14)6-8-18-11/h6,8,17H,7,9,14H2,1-3H3. The van der Waals surface area contributed by atoms with Crippen molar-refractivity contribution in [3.05, 3.63) is 21.9 Å². The number of hydrogen-bond acceptors (Lipinski definition) is 4. The molecule has 0 aliphatic rings. The van der Waals surface area contributed by atoms with Crippen LogP contribution in [-0.4, -0.2) is 41.7 Å². The average Bonchev–Trinajstić information content (AvgIpc) is 2.70. The third-order valence-corrected chi connectivity index (χ3v) is 3.06. The van der Waals surface area contributed by atoms with Crippen LogP contribution in [0.2, 0.25) is 0 Å². The summed E-state index contributed by atoms with van der Waals surface area (Å²) in [5.41, 5.74) is 5.10. The molecule has 0 saturated carbocycles. The fourth-order valence-electron chi connectivity index (χ4n) is 1.55. The maximum atomic E-state index is 12.2. The summed E-state index contributed by atoms with van der Waals surface area (Å²) in [5.74, 6) is 5.48. The molecule has 0 atom stereocenters. The molecule has 0 spiro atoms. The highest BCUT2D eigenvalue weighted by molar-refractivity contribution is 7.12. The molecule has 0 aliphatic carbocycles. The first-order valence-corrected chi connectivity index (χ1v) is 6.47. The van der Waals surface area contributed by atoms with Crippen LogP contribution in [0.25, 0.3) is 0 Å². The van der Waals surface area contributed by atoms with Crippen LogP contribution in [-0.2, 0) is 0 Å². The Labute approximate surface area is 111 Å². The van der Waals surface area contributed by atoms with E-state index in [2.05, 4.69) is 11.8 Å². The number of aliphatic hydroxyl groups is 1. The molecule has 4 nitrogen and oxygen atoms in total. The summed E-state index contributed by atoms with van der Waals surface area (Å²) in [7, 11) is 1.67. The van der Waals surface area contributed by atoms with Crippen molar-refractivity contribution in [3.8, 4) is 11.8 Å². The Bertz CT molecular complexity index is 477. The van der Waals surface area contributed by atoms with E-state index in [0.29, 0.717) is 10.4 Å². The average molecular weight is 266 g/mol. The normalized spacial score (nSPS) is 10.7. The van der Waals surface area contributed by atoms with Gasteiger partial charge in [-0.3, -0.25) is 4.79 Å². The molecule has 0 unspecified atom stereocenters. The number of rotatable bonds is 3. The highest BCUT2D eigenvalue weighted by Gasteiger charge is 2.22. The minimum atomic E-state index is -0.912. The van der Waals surface area contributed by atoms with Gasteiger partial charge in [0.1, 0.15) is 4.88 Å². The van der Waals surface area contributed by atoms with Crippen molar-refractivity contribution in [2.45, 2.75) is 19.4 Å². The lowest BCUT2D eigenvalue weighted by atomic mass is 10.1. The van der Waals surface area contributed by atoms with E-state index in [1.807, 2.05) is 5.38 Å². The van der Waals surface area contributed by atoms with E-state index < -0.39 is 5.60 Å². The zero-order valence-corrected chi connectivity index (χ0v) is 11.7. The monoisotopic (exact) mass is 266 g/mol. The van der Waals surface area contributed by atoms with Crippen LogP contribution in [0.3, 0.4) is 0 Å². The van der Waals surface area contributed by atoms with Gasteiger partial charge in [0.2, 0.25) is 0 Å².